The minimum atomic E-state index is -0.0167. The van der Waals surface area contributed by atoms with E-state index in [0.29, 0.717) is 25.6 Å². The van der Waals surface area contributed by atoms with E-state index in [4.69, 9.17) is 19.4 Å². The molecule has 0 N–H and O–H groups in total. The molecule has 6 heterocycles. The molecule has 2 unspecified atom stereocenters. The Balaban J connectivity index is 1.22. The number of benzene rings is 1. The van der Waals surface area contributed by atoms with Crippen molar-refractivity contribution in [3.8, 4) is 6.01 Å². The standard InChI is InChI=1S/C29H34N6O2/c1-21-16-29(10-5-13-34(29)17-21)20-37-28-31-25-15-26(22-7-3-2-4-8-22)36-19-24(25)27(32-28)33-12-6-14-35-23(18-33)9-11-30-35/h2-4,7-9,11,26H,1,5-6,10,12-20H2. The molecule has 2 fully saturated rings. The molecule has 2 aromatic heterocycles. The molecule has 1 aromatic carbocycles. The Morgan fingerprint density at radius 1 is 1.05 bits per heavy atom. The maximum Gasteiger partial charge on any atom is 0.318 e. The summed E-state index contributed by atoms with van der Waals surface area (Å²) < 4.78 is 15.0. The summed E-state index contributed by atoms with van der Waals surface area (Å²) in [4.78, 5) is 14.9. The molecule has 4 aliphatic rings. The summed E-state index contributed by atoms with van der Waals surface area (Å²) in [6.07, 6.45) is 6.96. The van der Waals surface area contributed by atoms with E-state index in [9.17, 15) is 0 Å². The molecule has 7 rings (SSSR count). The fraction of sp³-hybridized carbons (Fsp3) is 0.483. The van der Waals surface area contributed by atoms with Crippen molar-refractivity contribution in [2.24, 2.45) is 0 Å². The van der Waals surface area contributed by atoms with Crippen LogP contribution in [-0.4, -0.2) is 56.4 Å². The lowest BCUT2D eigenvalue weighted by atomic mass is 9.94. The summed E-state index contributed by atoms with van der Waals surface area (Å²) in [5.74, 6) is 0.942. The summed E-state index contributed by atoms with van der Waals surface area (Å²) in [5.41, 5.74) is 5.85. The Kier molecular flexibility index (Phi) is 5.74. The Labute approximate surface area is 217 Å². The van der Waals surface area contributed by atoms with Crippen molar-refractivity contribution in [2.75, 3.05) is 31.1 Å². The van der Waals surface area contributed by atoms with Gasteiger partial charge in [-0.15, -0.1) is 0 Å². The van der Waals surface area contributed by atoms with Gasteiger partial charge in [0.25, 0.3) is 0 Å². The van der Waals surface area contributed by atoms with E-state index >= 15 is 0 Å². The Morgan fingerprint density at radius 3 is 2.89 bits per heavy atom. The van der Waals surface area contributed by atoms with Gasteiger partial charge >= 0.3 is 6.01 Å². The first-order chi connectivity index (χ1) is 18.2. The van der Waals surface area contributed by atoms with E-state index in [1.54, 1.807) is 0 Å². The quantitative estimate of drug-likeness (QED) is 0.491. The Hall–Kier alpha value is -3.23. The second-order valence-corrected chi connectivity index (χ2v) is 11.0. The average Bonchev–Trinajstić information content (AvgIpc) is 3.57. The van der Waals surface area contributed by atoms with Gasteiger partial charge < -0.3 is 14.4 Å². The number of ether oxygens (including phenoxy) is 2. The number of hydrogen-bond donors (Lipinski definition) is 0. The fourth-order valence-electron chi connectivity index (χ4n) is 6.65. The molecule has 192 valence electrons. The first-order valence-corrected chi connectivity index (χ1v) is 13.5. The molecule has 0 aliphatic carbocycles. The number of aryl methyl sites for hydroxylation is 1. The number of nitrogens with zero attached hydrogens (tertiary/aromatic N) is 6. The highest BCUT2D eigenvalue weighted by Gasteiger charge is 2.46. The minimum Gasteiger partial charge on any atom is -0.461 e. The summed E-state index contributed by atoms with van der Waals surface area (Å²) in [6.45, 7) is 10.1. The number of aromatic nitrogens is 4. The van der Waals surface area contributed by atoms with Crippen molar-refractivity contribution in [1.29, 1.82) is 0 Å². The number of rotatable bonds is 5. The Morgan fingerprint density at radius 2 is 1.97 bits per heavy atom. The van der Waals surface area contributed by atoms with E-state index in [-0.39, 0.29) is 11.6 Å². The number of anilines is 1. The third kappa shape index (κ3) is 4.22. The number of fused-ring (bicyclic) bond motifs is 3. The van der Waals surface area contributed by atoms with E-state index < -0.39 is 0 Å². The molecule has 0 saturated carbocycles. The second-order valence-electron chi connectivity index (χ2n) is 11.0. The van der Waals surface area contributed by atoms with Gasteiger partial charge in [-0.1, -0.05) is 42.5 Å². The van der Waals surface area contributed by atoms with Crippen LogP contribution < -0.4 is 9.64 Å². The zero-order valence-corrected chi connectivity index (χ0v) is 21.3. The van der Waals surface area contributed by atoms with Gasteiger partial charge in [-0.2, -0.15) is 15.1 Å². The summed E-state index contributed by atoms with van der Waals surface area (Å²) >= 11 is 0. The predicted octanol–water partition coefficient (Wildman–Crippen LogP) is 4.07. The van der Waals surface area contributed by atoms with Crippen LogP contribution in [0.4, 0.5) is 5.82 Å². The van der Waals surface area contributed by atoms with Crippen LogP contribution in [0.5, 0.6) is 6.01 Å². The molecule has 0 spiro atoms. The number of hydrogen-bond acceptors (Lipinski definition) is 7. The molecule has 37 heavy (non-hydrogen) atoms. The van der Waals surface area contributed by atoms with Gasteiger partial charge in [-0.25, -0.2) is 0 Å². The molecule has 4 aliphatic heterocycles. The van der Waals surface area contributed by atoms with Crippen LogP contribution in [-0.2, 0) is 30.9 Å². The fourth-order valence-corrected chi connectivity index (χ4v) is 6.65. The highest BCUT2D eigenvalue weighted by atomic mass is 16.5. The highest BCUT2D eigenvalue weighted by Crippen LogP contribution is 2.41. The summed E-state index contributed by atoms with van der Waals surface area (Å²) in [6, 6.07) is 13.0. The van der Waals surface area contributed by atoms with Crippen LogP contribution in [0, 0.1) is 0 Å². The van der Waals surface area contributed by atoms with Gasteiger partial charge in [0, 0.05) is 37.8 Å². The van der Waals surface area contributed by atoms with Crippen molar-refractivity contribution in [1.82, 2.24) is 24.6 Å². The topological polar surface area (TPSA) is 68.5 Å². The maximum atomic E-state index is 6.48. The van der Waals surface area contributed by atoms with Gasteiger partial charge in [0.15, 0.2) is 0 Å². The first-order valence-electron chi connectivity index (χ1n) is 13.5. The molecule has 8 nitrogen and oxygen atoms in total. The van der Waals surface area contributed by atoms with Crippen LogP contribution in [0.25, 0.3) is 0 Å². The molecule has 0 radical (unpaired) electrons. The smallest absolute Gasteiger partial charge is 0.318 e. The van der Waals surface area contributed by atoms with Gasteiger partial charge in [-0.05, 0) is 43.9 Å². The largest absolute Gasteiger partial charge is 0.461 e. The van der Waals surface area contributed by atoms with Crippen molar-refractivity contribution in [3.63, 3.8) is 0 Å². The van der Waals surface area contributed by atoms with Crippen LogP contribution in [0.2, 0.25) is 0 Å². The molecule has 0 amide bonds. The monoisotopic (exact) mass is 498 g/mol. The zero-order valence-electron chi connectivity index (χ0n) is 21.3. The summed E-state index contributed by atoms with van der Waals surface area (Å²) in [5, 5.41) is 4.50. The van der Waals surface area contributed by atoms with Gasteiger partial charge in [-0.3, -0.25) is 9.58 Å². The molecule has 8 heteroatoms. The van der Waals surface area contributed by atoms with Gasteiger partial charge in [0.2, 0.25) is 0 Å². The molecular formula is C29H34N6O2. The van der Waals surface area contributed by atoms with E-state index in [0.717, 1.165) is 69.1 Å². The Bertz CT molecular complexity index is 1310. The van der Waals surface area contributed by atoms with Crippen LogP contribution >= 0.6 is 0 Å². The van der Waals surface area contributed by atoms with Crippen molar-refractivity contribution < 1.29 is 9.47 Å². The lowest BCUT2D eigenvalue weighted by Crippen LogP contribution is -2.43. The zero-order chi connectivity index (χ0) is 24.8. The first kappa shape index (κ1) is 22.9. The summed E-state index contributed by atoms with van der Waals surface area (Å²) in [7, 11) is 0. The molecule has 2 saturated heterocycles. The van der Waals surface area contributed by atoms with Crippen LogP contribution in [0.3, 0.4) is 0 Å². The third-order valence-electron chi connectivity index (χ3n) is 8.49. The lowest BCUT2D eigenvalue weighted by Gasteiger charge is -2.32. The average molecular weight is 499 g/mol. The van der Waals surface area contributed by atoms with Crippen molar-refractivity contribution in [2.45, 2.75) is 63.4 Å². The SMILES string of the molecule is C=C1CN2CCCC2(COc2nc3c(c(N4CCCn5nccc5C4)n2)COC(c2ccccc2)C3)C1. The van der Waals surface area contributed by atoms with Gasteiger partial charge in [0.05, 0.1) is 36.2 Å². The van der Waals surface area contributed by atoms with Crippen LogP contribution in [0.1, 0.15) is 54.3 Å². The second kappa shape index (κ2) is 9.26. The van der Waals surface area contributed by atoms with E-state index in [2.05, 4.69) is 56.5 Å². The third-order valence-corrected chi connectivity index (χ3v) is 8.49. The molecular weight excluding hydrogens is 464 g/mol. The predicted molar refractivity (Wildman–Crippen MR) is 140 cm³/mol. The van der Waals surface area contributed by atoms with E-state index in [1.165, 1.54) is 23.3 Å². The molecule has 3 aromatic rings. The van der Waals surface area contributed by atoms with Crippen LogP contribution in [0.15, 0.2) is 54.7 Å². The molecule has 2 atom stereocenters. The molecule has 0 bridgehead atoms. The highest BCUT2D eigenvalue weighted by molar-refractivity contribution is 5.51. The van der Waals surface area contributed by atoms with Crippen molar-refractivity contribution in [3.05, 3.63) is 77.3 Å². The maximum absolute atomic E-state index is 6.48. The minimum absolute atomic E-state index is 0.0167. The normalized spacial score (nSPS) is 25.5. The van der Waals surface area contributed by atoms with Gasteiger partial charge in [0.1, 0.15) is 12.4 Å². The lowest BCUT2D eigenvalue weighted by molar-refractivity contribution is 0.0254. The van der Waals surface area contributed by atoms with Crippen molar-refractivity contribution >= 4 is 5.82 Å². The van der Waals surface area contributed by atoms with E-state index in [1.807, 2.05) is 12.3 Å².